The predicted molar refractivity (Wildman–Crippen MR) is 57.4 cm³/mol. The van der Waals surface area contributed by atoms with Crippen molar-refractivity contribution in [3.05, 3.63) is 29.8 Å². The van der Waals surface area contributed by atoms with Gasteiger partial charge in [0.2, 0.25) is 0 Å². The van der Waals surface area contributed by atoms with Crippen LogP contribution in [0.4, 0.5) is 8.78 Å². The van der Waals surface area contributed by atoms with E-state index in [0.717, 1.165) is 24.7 Å². The van der Waals surface area contributed by atoms with Crippen LogP contribution in [0.25, 0.3) is 0 Å². The van der Waals surface area contributed by atoms with Crippen molar-refractivity contribution in [3.8, 4) is 5.75 Å². The molecule has 0 heterocycles. The lowest BCUT2D eigenvalue weighted by molar-refractivity contribution is 0.240. The number of hydrogen-bond acceptors (Lipinski definition) is 2. The third kappa shape index (κ3) is 2.43. The smallest absolute Gasteiger partial charge is 0.167 e. The van der Waals surface area contributed by atoms with Gasteiger partial charge in [0.25, 0.3) is 0 Å². The van der Waals surface area contributed by atoms with Crippen LogP contribution in [-0.4, -0.2) is 12.4 Å². The molecular formula is C11H12F2OS. The van der Waals surface area contributed by atoms with Crippen LogP contribution in [0.1, 0.15) is 12.8 Å². The Hall–Kier alpha value is -0.770. The molecule has 2 rings (SSSR count). The van der Waals surface area contributed by atoms with Crippen LogP contribution in [0.5, 0.6) is 5.75 Å². The highest BCUT2D eigenvalue weighted by molar-refractivity contribution is 7.80. The molecule has 1 aromatic carbocycles. The lowest BCUT2D eigenvalue weighted by atomic mass is 10.2. The Bertz CT molecular complexity index is 364. The van der Waals surface area contributed by atoms with Crippen LogP contribution >= 0.6 is 12.6 Å². The number of hydrogen-bond donors (Lipinski definition) is 1. The minimum Gasteiger partial charge on any atom is -0.490 e. The van der Waals surface area contributed by atoms with E-state index in [1.54, 1.807) is 0 Å². The van der Waals surface area contributed by atoms with Crippen LogP contribution in [0, 0.1) is 17.0 Å². The molecule has 0 N–H and O–H groups in total. The van der Waals surface area contributed by atoms with Gasteiger partial charge in [-0.05, 0) is 30.7 Å². The summed E-state index contributed by atoms with van der Waals surface area (Å²) in [5.74, 6) is -0.375. The predicted octanol–water partition coefficient (Wildman–Crippen LogP) is 3.05. The van der Waals surface area contributed by atoms with Gasteiger partial charge in [-0.25, -0.2) is 8.78 Å². The van der Waals surface area contributed by atoms with Gasteiger partial charge in [-0.2, -0.15) is 12.6 Å². The second kappa shape index (κ2) is 4.00. The van der Waals surface area contributed by atoms with E-state index in [4.69, 9.17) is 4.74 Å². The van der Waals surface area contributed by atoms with Crippen molar-refractivity contribution in [2.75, 3.05) is 12.4 Å². The average molecular weight is 230 g/mol. The van der Waals surface area contributed by atoms with Crippen molar-refractivity contribution in [1.82, 2.24) is 0 Å². The molecule has 1 aromatic rings. The van der Waals surface area contributed by atoms with Gasteiger partial charge < -0.3 is 4.74 Å². The van der Waals surface area contributed by atoms with Crippen LogP contribution in [0.15, 0.2) is 18.2 Å². The fourth-order valence-corrected chi connectivity index (χ4v) is 1.76. The zero-order chi connectivity index (χ0) is 10.9. The monoisotopic (exact) mass is 230 g/mol. The van der Waals surface area contributed by atoms with Crippen molar-refractivity contribution >= 4 is 12.6 Å². The maximum Gasteiger partial charge on any atom is 0.167 e. The number of ether oxygens (including phenoxy) is 1. The van der Waals surface area contributed by atoms with Gasteiger partial charge in [-0.15, -0.1) is 0 Å². The molecule has 1 fully saturated rings. The molecule has 0 unspecified atom stereocenters. The molecule has 0 bridgehead atoms. The Labute approximate surface area is 92.8 Å². The van der Waals surface area contributed by atoms with Gasteiger partial charge in [0.05, 0.1) is 6.61 Å². The van der Waals surface area contributed by atoms with Crippen molar-refractivity contribution in [2.24, 2.45) is 5.41 Å². The van der Waals surface area contributed by atoms with Gasteiger partial charge in [-0.1, -0.05) is 0 Å². The highest BCUT2D eigenvalue weighted by Gasteiger charge is 2.42. The quantitative estimate of drug-likeness (QED) is 0.782. The van der Waals surface area contributed by atoms with Crippen molar-refractivity contribution in [1.29, 1.82) is 0 Å². The fraction of sp³-hybridized carbons (Fsp3) is 0.455. The molecule has 1 saturated carbocycles. The summed E-state index contributed by atoms with van der Waals surface area (Å²) in [5, 5.41) is 0. The first-order valence-corrected chi connectivity index (χ1v) is 5.47. The van der Waals surface area contributed by atoms with E-state index in [2.05, 4.69) is 12.6 Å². The first-order valence-electron chi connectivity index (χ1n) is 4.84. The van der Waals surface area contributed by atoms with E-state index in [1.165, 1.54) is 12.1 Å². The molecule has 0 radical (unpaired) electrons. The highest BCUT2D eigenvalue weighted by atomic mass is 32.1. The molecule has 0 spiro atoms. The Morgan fingerprint density at radius 3 is 2.60 bits per heavy atom. The van der Waals surface area contributed by atoms with Crippen molar-refractivity contribution in [3.63, 3.8) is 0 Å². The van der Waals surface area contributed by atoms with Gasteiger partial charge in [-0.3, -0.25) is 0 Å². The van der Waals surface area contributed by atoms with Crippen LogP contribution in [0.3, 0.4) is 0 Å². The Kier molecular flexibility index (Phi) is 2.87. The van der Waals surface area contributed by atoms with E-state index in [-0.39, 0.29) is 11.2 Å². The van der Waals surface area contributed by atoms with Crippen LogP contribution < -0.4 is 4.74 Å². The zero-order valence-electron chi connectivity index (χ0n) is 8.17. The van der Waals surface area contributed by atoms with E-state index in [0.29, 0.717) is 6.61 Å². The number of thiol groups is 1. The molecular weight excluding hydrogens is 218 g/mol. The topological polar surface area (TPSA) is 9.23 Å². The minimum absolute atomic E-state index is 0.115. The van der Waals surface area contributed by atoms with Gasteiger partial charge in [0, 0.05) is 11.5 Å². The number of halogens is 2. The maximum absolute atomic E-state index is 13.2. The number of rotatable bonds is 4. The molecule has 0 atom stereocenters. The summed E-state index contributed by atoms with van der Waals surface area (Å²) in [7, 11) is 0. The molecule has 1 aliphatic carbocycles. The first-order chi connectivity index (χ1) is 7.15. The second-order valence-electron chi connectivity index (χ2n) is 4.02. The Morgan fingerprint density at radius 1 is 1.33 bits per heavy atom. The summed E-state index contributed by atoms with van der Waals surface area (Å²) in [4.78, 5) is 0. The number of benzene rings is 1. The molecule has 1 aliphatic rings. The highest BCUT2D eigenvalue weighted by Crippen LogP contribution is 2.46. The van der Waals surface area contributed by atoms with Gasteiger partial charge >= 0.3 is 0 Å². The fourth-order valence-electron chi connectivity index (χ4n) is 1.35. The maximum atomic E-state index is 13.2. The van der Waals surface area contributed by atoms with E-state index >= 15 is 0 Å². The van der Waals surface area contributed by atoms with E-state index in [1.807, 2.05) is 0 Å². The van der Waals surface area contributed by atoms with Crippen molar-refractivity contribution < 1.29 is 13.5 Å². The van der Waals surface area contributed by atoms with Crippen molar-refractivity contribution in [2.45, 2.75) is 12.8 Å². The standard InChI is InChI=1S/C11H12F2OS/c12-8-1-2-10(9(13)5-8)14-6-11(7-15)3-4-11/h1-2,5,15H,3-4,6-7H2. The van der Waals surface area contributed by atoms with Crippen LogP contribution in [0.2, 0.25) is 0 Å². The van der Waals surface area contributed by atoms with Gasteiger partial charge in [0.15, 0.2) is 11.6 Å². The average Bonchev–Trinajstić information content (AvgIpc) is 2.97. The third-order valence-corrected chi connectivity index (χ3v) is 3.39. The second-order valence-corrected chi connectivity index (χ2v) is 4.34. The molecule has 15 heavy (non-hydrogen) atoms. The third-order valence-electron chi connectivity index (χ3n) is 2.72. The molecule has 0 aliphatic heterocycles. The first kappa shape index (κ1) is 10.7. The molecule has 0 saturated heterocycles. The summed E-state index contributed by atoms with van der Waals surface area (Å²) in [5.41, 5.74) is 0.115. The van der Waals surface area contributed by atoms with E-state index < -0.39 is 11.6 Å². The SMILES string of the molecule is Fc1ccc(OCC2(CS)CC2)c(F)c1. The molecule has 1 nitrogen and oxygen atoms in total. The molecule has 0 amide bonds. The summed E-state index contributed by atoms with van der Waals surface area (Å²) in [6, 6.07) is 3.34. The lowest BCUT2D eigenvalue weighted by Crippen LogP contribution is -2.15. The normalized spacial score (nSPS) is 17.5. The van der Waals surface area contributed by atoms with Crippen LogP contribution in [-0.2, 0) is 0 Å². The summed E-state index contributed by atoms with van der Waals surface area (Å²) in [6.45, 7) is 0.457. The molecule has 4 heteroatoms. The summed E-state index contributed by atoms with van der Waals surface area (Å²) >= 11 is 4.22. The molecule has 82 valence electrons. The largest absolute Gasteiger partial charge is 0.490 e. The van der Waals surface area contributed by atoms with Gasteiger partial charge in [0.1, 0.15) is 5.82 Å². The Balaban J connectivity index is 1.99. The summed E-state index contributed by atoms with van der Waals surface area (Å²) in [6.07, 6.45) is 2.14. The minimum atomic E-state index is -0.648. The Morgan fingerprint density at radius 2 is 2.07 bits per heavy atom. The summed E-state index contributed by atoms with van der Waals surface area (Å²) < 4.78 is 31.1. The molecule has 0 aromatic heterocycles. The zero-order valence-corrected chi connectivity index (χ0v) is 9.07. The van der Waals surface area contributed by atoms with E-state index in [9.17, 15) is 8.78 Å². The lowest BCUT2D eigenvalue weighted by Gasteiger charge is -2.13.